The molecule has 3 aromatic rings. The van der Waals surface area contributed by atoms with Crippen LogP contribution in [0.1, 0.15) is 11.1 Å². The molecule has 0 bridgehead atoms. The zero-order chi connectivity index (χ0) is 21.0. The predicted octanol–water partition coefficient (Wildman–Crippen LogP) is 7.75. The minimum Gasteiger partial charge on any atom is -0.493 e. The van der Waals surface area contributed by atoms with Crippen LogP contribution in [0.4, 0.5) is 10.1 Å². The fraction of sp³-hybridized carbons (Fsp3) is 0.143. The van der Waals surface area contributed by atoms with Crippen LogP contribution in [0.3, 0.4) is 0 Å². The fourth-order valence-corrected chi connectivity index (χ4v) is 4.04. The highest BCUT2D eigenvalue weighted by atomic mass is 79.9. The van der Waals surface area contributed by atoms with E-state index in [9.17, 15) is 4.39 Å². The second kappa shape index (κ2) is 9.90. The van der Waals surface area contributed by atoms with E-state index in [1.54, 1.807) is 37.4 Å². The van der Waals surface area contributed by atoms with Gasteiger partial charge < -0.3 is 14.8 Å². The molecule has 0 amide bonds. The Morgan fingerprint density at radius 2 is 1.76 bits per heavy atom. The molecule has 0 aliphatic heterocycles. The average molecular weight is 520 g/mol. The lowest BCUT2D eigenvalue weighted by Crippen LogP contribution is -2.04. The summed E-state index contributed by atoms with van der Waals surface area (Å²) in [5, 5.41) is 4.67. The first-order chi connectivity index (χ1) is 13.9. The van der Waals surface area contributed by atoms with Crippen molar-refractivity contribution in [3.8, 4) is 11.5 Å². The van der Waals surface area contributed by atoms with Crippen LogP contribution in [-0.2, 0) is 13.2 Å². The van der Waals surface area contributed by atoms with Crippen LogP contribution in [0.15, 0.2) is 53.0 Å². The van der Waals surface area contributed by atoms with E-state index < -0.39 is 5.82 Å². The number of halogens is 5. The second-order valence-corrected chi connectivity index (χ2v) is 8.24. The molecule has 0 aliphatic carbocycles. The topological polar surface area (TPSA) is 30.5 Å². The third-order valence-corrected chi connectivity index (χ3v) is 5.45. The van der Waals surface area contributed by atoms with Crippen LogP contribution >= 0.6 is 50.7 Å². The normalized spacial score (nSPS) is 10.7. The molecule has 3 aromatic carbocycles. The molecule has 0 saturated carbocycles. The molecule has 3 nitrogen and oxygen atoms in total. The largest absolute Gasteiger partial charge is 0.493 e. The van der Waals surface area contributed by atoms with Crippen molar-refractivity contribution < 1.29 is 13.9 Å². The van der Waals surface area contributed by atoms with E-state index in [1.165, 1.54) is 6.07 Å². The molecule has 1 N–H and O–H groups in total. The number of methoxy groups -OCH3 is 1. The monoisotopic (exact) mass is 517 g/mol. The summed E-state index contributed by atoms with van der Waals surface area (Å²) in [6, 6.07) is 13.5. The number of anilines is 1. The Bertz CT molecular complexity index is 993. The van der Waals surface area contributed by atoms with Gasteiger partial charge in [0.25, 0.3) is 0 Å². The predicted molar refractivity (Wildman–Crippen MR) is 120 cm³/mol. The Morgan fingerprint density at radius 1 is 1.03 bits per heavy atom. The maximum Gasteiger partial charge on any atom is 0.175 e. The van der Waals surface area contributed by atoms with Gasteiger partial charge in [0.1, 0.15) is 12.4 Å². The van der Waals surface area contributed by atoms with Gasteiger partial charge in [-0.15, -0.1) is 0 Å². The molecule has 8 heteroatoms. The van der Waals surface area contributed by atoms with Gasteiger partial charge in [0.15, 0.2) is 11.5 Å². The van der Waals surface area contributed by atoms with Crippen molar-refractivity contribution in [2.45, 2.75) is 13.2 Å². The molecule has 0 spiro atoms. The number of hydrogen-bond donors (Lipinski definition) is 1. The van der Waals surface area contributed by atoms with Gasteiger partial charge in [-0.25, -0.2) is 4.39 Å². The summed E-state index contributed by atoms with van der Waals surface area (Å²) >= 11 is 21.6. The zero-order valence-corrected chi connectivity index (χ0v) is 19.1. The Kier molecular flexibility index (Phi) is 7.52. The molecule has 0 heterocycles. The van der Waals surface area contributed by atoms with Crippen LogP contribution in [0, 0.1) is 5.82 Å². The van der Waals surface area contributed by atoms with E-state index in [0.717, 1.165) is 11.3 Å². The molecule has 0 fully saturated rings. The molecule has 0 aliphatic rings. The van der Waals surface area contributed by atoms with Gasteiger partial charge in [-0.1, -0.05) is 40.9 Å². The van der Waals surface area contributed by atoms with Crippen LogP contribution in [-0.4, -0.2) is 7.11 Å². The summed E-state index contributed by atoms with van der Waals surface area (Å²) in [5.41, 5.74) is 2.01. The Labute approximate surface area is 191 Å². The van der Waals surface area contributed by atoms with Crippen molar-refractivity contribution in [3.05, 3.63) is 85.0 Å². The van der Waals surface area contributed by atoms with Crippen molar-refractivity contribution in [1.82, 2.24) is 0 Å². The molecule has 0 saturated heterocycles. The summed E-state index contributed by atoms with van der Waals surface area (Å²) in [4.78, 5) is 0. The molecular formula is C21H16BrCl3FNO2. The van der Waals surface area contributed by atoms with E-state index >= 15 is 0 Å². The van der Waals surface area contributed by atoms with Gasteiger partial charge in [0.05, 0.1) is 16.6 Å². The van der Waals surface area contributed by atoms with Crippen molar-refractivity contribution in [3.63, 3.8) is 0 Å². The lowest BCUT2D eigenvalue weighted by Gasteiger charge is -2.16. The number of nitrogens with one attached hydrogen (secondary N) is 1. The molecule has 152 valence electrons. The fourth-order valence-electron chi connectivity index (χ4n) is 2.69. The SMILES string of the molecule is COc1cc(CNc2cc(Cl)cc(Cl)c2)cc(Br)c1OCc1c(F)cccc1Cl. The number of rotatable bonds is 7. The standard InChI is InChI=1S/C21H16BrCl3FNO2/c1-28-20-6-12(10-27-15-8-13(23)7-14(24)9-15)5-17(22)21(20)29-11-16-18(25)3-2-4-19(16)26/h2-9,27H,10-11H2,1H3. The highest BCUT2D eigenvalue weighted by molar-refractivity contribution is 9.10. The smallest absolute Gasteiger partial charge is 0.175 e. The van der Waals surface area contributed by atoms with Crippen molar-refractivity contribution in [2.75, 3.05) is 12.4 Å². The molecule has 29 heavy (non-hydrogen) atoms. The first-order valence-corrected chi connectivity index (χ1v) is 10.4. The maximum atomic E-state index is 14.0. The van der Waals surface area contributed by atoms with Crippen molar-refractivity contribution >= 4 is 56.4 Å². The van der Waals surface area contributed by atoms with Gasteiger partial charge in [-0.05, 0) is 64.0 Å². The lowest BCUT2D eigenvalue weighted by atomic mass is 10.2. The Morgan fingerprint density at radius 3 is 2.41 bits per heavy atom. The Balaban J connectivity index is 1.76. The lowest BCUT2D eigenvalue weighted by molar-refractivity contribution is 0.278. The van der Waals surface area contributed by atoms with E-state index in [4.69, 9.17) is 44.3 Å². The molecule has 0 radical (unpaired) electrons. The van der Waals surface area contributed by atoms with Gasteiger partial charge in [-0.3, -0.25) is 0 Å². The number of benzene rings is 3. The summed E-state index contributed by atoms with van der Waals surface area (Å²) in [7, 11) is 1.54. The van der Waals surface area contributed by atoms with Crippen molar-refractivity contribution in [1.29, 1.82) is 0 Å². The third-order valence-electron chi connectivity index (χ3n) is 4.07. The molecule has 0 aromatic heterocycles. The highest BCUT2D eigenvalue weighted by Crippen LogP contribution is 2.38. The quantitative estimate of drug-likeness (QED) is 0.346. The van der Waals surface area contributed by atoms with Gasteiger partial charge in [-0.2, -0.15) is 0 Å². The van der Waals surface area contributed by atoms with E-state index in [-0.39, 0.29) is 12.2 Å². The minimum absolute atomic E-state index is 0.0287. The van der Waals surface area contributed by atoms with Gasteiger partial charge in [0.2, 0.25) is 0 Å². The van der Waals surface area contributed by atoms with Crippen LogP contribution in [0.5, 0.6) is 11.5 Å². The summed E-state index contributed by atoms with van der Waals surface area (Å²) in [5.74, 6) is 0.544. The van der Waals surface area contributed by atoms with E-state index in [0.29, 0.717) is 37.6 Å². The molecule has 3 rings (SSSR count). The molecular weight excluding hydrogens is 503 g/mol. The minimum atomic E-state index is -0.423. The second-order valence-electron chi connectivity index (χ2n) is 6.11. The Hall–Kier alpha value is -1.66. The van der Waals surface area contributed by atoms with E-state index in [2.05, 4.69) is 21.2 Å². The van der Waals surface area contributed by atoms with Crippen LogP contribution in [0.25, 0.3) is 0 Å². The van der Waals surface area contributed by atoms with Gasteiger partial charge >= 0.3 is 0 Å². The average Bonchev–Trinajstić information content (AvgIpc) is 2.66. The summed E-state index contributed by atoms with van der Waals surface area (Å²) in [6.07, 6.45) is 0. The number of ether oxygens (including phenoxy) is 2. The summed E-state index contributed by atoms with van der Waals surface area (Å²) < 4.78 is 25.9. The zero-order valence-electron chi connectivity index (χ0n) is 15.2. The molecule has 0 unspecified atom stereocenters. The van der Waals surface area contributed by atoms with Crippen LogP contribution < -0.4 is 14.8 Å². The highest BCUT2D eigenvalue weighted by Gasteiger charge is 2.14. The maximum absolute atomic E-state index is 14.0. The van der Waals surface area contributed by atoms with Crippen molar-refractivity contribution in [2.24, 2.45) is 0 Å². The van der Waals surface area contributed by atoms with Crippen LogP contribution in [0.2, 0.25) is 15.1 Å². The van der Waals surface area contributed by atoms with E-state index in [1.807, 2.05) is 12.1 Å². The third kappa shape index (κ3) is 5.70. The molecule has 0 atom stereocenters. The summed E-state index contributed by atoms with van der Waals surface area (Å²) in [6.45, 7) is 0.476. The van der Waals surface area contributed by atoms with Gasteiger partial charge in [0, 0.05) is 27.8 Å². The first kappa shape index (κ1) is 22.0. The first-order valence-electron chi connectivity index (χ1n) is 8.49. The number of hydrogen-bond acceptors (Lipinski definition) is 3.